The van der Waals surface area contributed by atoms with Gasteiger partial charge in [-0.2, -0.15) is 5.26 Å². The smallest absolute Gasteiger partial charge is 0.187 e. The summed E-state index contributed by atoms with van der Waals surface area (Å²) in [6.07, 6.45) is 0. The zero-order valence-corrected chi connectivity index (χ0v) is 25.0. The van der Waals surface area contributed by atoms with Crippen LogP contribution < -0.4 is 0 Å². The predicted octanol–water partition coefficient (Wildman–Crippen LogP) is 10.1. The van der Waals surface area contributed by atoms with Crippen molar-refractivity contribution in [3.8, 4) is 57.0 Å². The number of fused-ring (bicyclic) bond motifs is 3. The van der Waals surface area contributed by atoms with Crippen molar-refractivity contribution in [3.63, 3.8) is 0 Å². The van der Waals surface area contributed by atoms with Crippen molar-refractivity contribution in [2.45, 2.75) is 0 Å². The Bertz CT molecular complexity index is 2460. The van der Waals surface area contributed by atoms with Gasteiger partial charge in [0.1, 0.15) is 0 Å². The zero-order valence-electron chi connectivity index (χ0n) is 25.0. The van der Waals surface area contributed by atoms with Crippen molar-refractivity contribution in [2.75, 3.05) is 0 Å². The fraction of sp³-hybridized carbons (Fsp3) is 0. The van der Waals surface area contributed by atoms with Crippen molar-refractivity contribution in [1.29, 1.82) is 5.26 Å². The van der Waals surface area contributed by atoms with Crippen LogP contribution >= 0.6 is 0 Å². The lowest BCUT2D eigenvalue weighted by molar-refractivity contribution is 1.06. The average Bonchev–Trinajstić information content (AvgIpc) is 3.48. The summed E-state index contributed by atoms with van der Waals surface area (Å²) in [7, 11) is 0. The first-order valence-electron chi connectivity index (χ1n) is 15.1. The van der Waals surface area contributed by atoms with Gasteiger partial charge < -0.3 is 4.57 Å². The molecule has 8 aromatic rings. The fourth-order valence-electron chi connectivity index (χ4n) is 6.05. The number of para-hydroxylation sites is 1. The van der Waals surface area contributed by atoms with Crippen LogP contribution in [-0.4, -0.2) is 19.5 Å². The molecule has 2 aromatic heterocycles. The minimum Gasteiger partial charge on any atom is -0.308 e. The average molecular weight is 601 g/mol. The molecule has 0 saturated carbocycles. The van der Waals surface area contributed by atoms with Gasteiger partial charge in [-0.25, -0.2) is 19.8 Å². The highest BCUT2D eigenvalue weighted by atomic mass is 15.1. The first kappa shape index (κ1) is 27.6. The van der Waals surface area contributed by atoms with E-state index in [1.807, 2.05) is 115 Å². The lowest BCUT2D eigenvalue weighted by atomic mass is 10.0. The molecule has 0 aliphatic carbocycles. The molecule has 0 fully saturated rings. The van der Waals surface area contributed by atoms with E-state index in [-0.39, 0.29) is 0 Å². The second-order valence-electron chi connectivity index (χ2n) is 11.1. The van der Waals surface area contributed by atoms with Crippen LogP contribution in [0.2, 0.25) is 0 Å². The maximum absolute atomic E-state index is 10.0. The van der Waals surface area contributed by atoms with Gasteiger partial charge in [0.15, 0.2) is 23.2 Å². The van der Waals surface area contributed by atoms with Crippen molar-refractivity contribution in [3.05, 3.63) is 163 Å². The van der Waals surface area contributed by atoms with E-state index in [4.69, 9.17) is 21.5 Å². The Hall–Kier alpha value is -6.89. The Morgan fingerprint density at radius 1 is 0.532 bits per heavy atom. The summed E-state index contributed by atoms with van der Waals surface area (Å²) < 4.78 is 2.23. The second-order valence-corrected chi connectivity index (χ2v) is 11.1. The quantitative estimate of drug-likeness (QED) is 0.184. The molecule has 0 radical (unpaired) electrons. The molecule has 0 aliphatic rings. The standard InChI is InChI=1S/C41H24N6/c1-43-32-20-17-28(18-21-32)31-19-22-34-33-14-8-9-15-36(33)47(38(34)25-31)37-23-16-27(26-42)24-35(37)41-45-39(29-10-4-2-5-11-29)44-40(46-41)30-12-6-3-7-13-30/h2-25H. The minimum atomic E-state index is 0.474. The molecular formula is C41H24N6. The maximum atomic E-state index is 10.0. The van der Waals surface area contributed by atoms with E-state index in [1.165, 1.54) is 0 Å². The van der Waals surface area contributed by atoms with E-state index < -0.39 is 0 Å². The molecule has 6 heteroatoms. The van der Waals surface area contributed by atoms with Crippen LogP contribution in [0.3, 0.4) is 0 Å². The van der Waals surface area contributed by atoms with E-state index in [2.05, 4.69) is 45.8 Å². The Morgan fingerprint density at radius 3 is 1.79 bits per heavy atom. The van der Waals surface area contributed by atoms with Crippen LogP contribution in [0.4, 0.5) is 5.69 Å². The molecule has 0 atom stereocenters. The third-order valence-corrected chi connectivity index (χ3v) is 8.31. The Kier molecular flexibility index (Phi) is 6.80. The Balaban J connectivity index is 1.41. The molecule has 0 aliphatic heterocycles. The van der Waals surface area contributed by atoms with Crippen LogP contribution in [0.15, 0.2) is 146 Å². The van der Waals surface area contributed by atoms with Gasteiger partial charge in [-0.3, -0.25) is 0 Å². The first-order chi connectivity index (χ1) is 23.2. The Morgan fingerprint density at radius 2 is 1.13 bits per heavy atom. The number of aromatic nitrogens is 4. The summed E-state index contributed by atoms with van der Waals surface area (Å²) in [5, 5.41) is 12.2. The molecule has 6 nitrogen and oxygen atoms in total. The van der Waals surface area contributed by atoms with Gasteiger partial charge in [-0.15, -0.1) is 0 Å². The largest absolute Gasteiger partial charge is 0.308 e. The fourth-order valence-corrected chi connectivity index (χ4v) is 6.05. The lowest BCUT2D eigenvalue weighted by Gasteiger charge is -2.15. The van der Waals surface area contributed by atoms with Crippen LogP contribution in [0.5, 0.6) is 0 Å². The molecule has 0 N–H and O–H groups in total. The number of nitriles is 1. The van der Waals surface area contributed by atoms with Crippen LogP contribution in [0.25, 0.3) is 77.6 Å². The highest BCUT2D eigenvalue weighted by Gasteiger charge is 2.20. The monoisotopic (exact) mass is 600 g/mol. The van der Waals surface area contributed by atoms with Gasteiger partial charge in [0.2, 0.25) is 0 Å². The summed E-state index contributed by atoms with van der Waals surface area (Å²) in [6.45, 7) is 7.34. The van der Waals surface area contributed by atoms with Gasteiger partial charge in [0, 0.05) is 27.5 Å². The number of rotatable bonds is 5. The summed E-state index contributed by atoms with van der Waals surface area (Å²) in [4.78, 5) is 18.5. The van der Waals surface area contributed by atoms with Gasteiger partial charge in [-0.1, -0.05) is 115 Å². The van der Waals surface area contributed by atoms with E-state index >= 15 is 0 Å². The number of nitrogens with zero attached hydrogens (tertiary/aromatic N) is 6. The molecule has 2 heterocycles. The van der Waals surface area contributed by atoms with Gasteiger partial charge in [0.05, 0.1) is 34.9 Å². The highest BCUT2D eigenvalue weighted by molar-refractivity contribution is 6.10. The summed E-state index contributed by atoms with van der Waals surface area (Å²) in [6, 6.07) is 50.2. The van der Waals surface area contributed by atoms with Crippen LogP contribution in [0.1, 0.15) is 5.56 Å². The van der Waals surface area contributed by atoms with Gasteiger partial charge >= 0.3 is 0 Å². The van der Waals surface area contributed by atoms with Gasteiger partial charge in [0.25, 0.3) is 0 Å². The van der Waals surface area contributed by atoms with E-state index in [1.54, 1.807) is 0 Å². The van der Waals surface area contributed by atoms with Crippen molar-refractivity contribution < 1.29 is 0 Å². The van der Waals surface area contributed by atoms with E-state index in [0.717, 1.165) is 55.3 Å². The molecule has 0 saturated heterocycles. The number of benzene rings is 6. The van der Waals surface area contributed by atoms with E-state index in [9.17, 15) is 5.26 Å². The molecule has 218 valence electrons. The van der Waals surface area contributed by atoms with Gasteiger partial charge in [-0.05, 0) is 41.5 Å². The topological polar surface area (TPSA) is 71.8 Å². The molecule has 0 unspecified atom stereocenters. The van der Waals surface area contributed by atoms with Crippen molar-refractivity contribution in [1.82, 2.24) is 19.5 Å². The maximum Gasteiger partial charge on any atom is 0.187 e. The Labute approximate surface area is 271 Å². The summed E-state index contributed by atoms with van der Waals surface area (Å²) in [5.41, 5.74) is 8.50. The third kappa shape index (κ3) is 4.97. The van der Waals surface area contributed by atoms with Crippen molar-refractivity contribution in [2.24, 2.45) is 0 Å². The van der Waals surface area contributed by atoms with E-state index in [0.29, 0.717) is 28.7 Å². The van der Waals surface area contributed by atoms with Crippen LogP contribution in [0, 0.1) is 17.9 Å². The third-order valence-electron chi connectivity index (χ3n) is 8.31. The minimum absolute atomic E-state index is 0.474. The SMILES string of the molecule is [C-]#[N+]c1ccc(-c2ccc3c4ccccc4n(-c4ccc(C#N)cc4-c4nc(-c5ccccc5)nc(-c5ccccc5)n4)c3c2)cc1. The zero-order chi connectivity index (χ0) is 31.7. The first-order valence-corrected chi connectivity index (χ1v) is 15.1. The molecule has 0 amide bonds. The highest BCUT2D eigenvalue weighted by Crippen LogP contribution is 2.38. The number of hydrogen-bond donors (Lipinski definition) is 0. The second kappa shape index (κ2) is 11.6. The summed E-state index contributed by atoms with van der Waals surface area (Å²) >= 11 is 0. The number of hydrogen-bond acceptors (Lipinski definition) is 4. The molecular weight excluding hydrogens is 576 g/mol. The molecule has 6 aromatic carbocycles. The lowest BCUT2D eigenvalue weighted by Crippen LogP contribution is -2.04. The molecule has 8 rings (SSSR count). The molecule has 0 bridgehead atoms. The normalized spacial score (nSPS) is 10.9. The predicted molar refractivity (Wildman–Crippen MR) is 187 cm³/mol. The summed E-state index contributed by atoms with van der Waals surface area (Å²) in [5.74, 6) is 1.58. The van der Waals surface area contributed by atoms with Crippen molar-refractivity contribution >= 4 is 27.5 Å². The molecule has 0 spiro atoms. The van der Waals surface area contributed by atoms with Crippen LogP contribution in [-0.2, 0) is 0 Å². The molecule has 47 heavy (non-hydrogen) atoms.